The summed E-state index contributed by atoms with van der Waals surface area (Å²) in [6, 6.07) is 14.0. The molecule has 0 aliphatic carbocycles. The Morgan fingerprint density at radius 3 is 2.50 bits per heavy atom. The highest BCUT2D eigenvalue weighted by atomic mass is 35.5. The SMILES string of the molecule is O=C(NCc1cccc(CO)c1)Nc1ccc(Cl)cc1. The number of carbonyl (C=O) groups is 1. The third kappa shape index (κ3) is 4.26. The molecule has 104 valence electrons. The first-order chi connectivity index (χ1) is 9.67. The lowest BCUT2D eigenvalue weighted by molar-refractivity contribution is 0.251. The van der Waals surface area contributed by atoms with Gasteiger partial charge >= 0.3 is 6.03 Å². The van der Waals surface area contributed by atoms with Crippen molar-refractivity contribution in [2.45, 2.75) is 13.2 Å². The summed E-state index contributed by atoms with van der Waals surface area (Å²) in [7, 11) is 0. The van der Waals surface area contributed by atoms with Crippen molar-refractivity contribution in [3.05, 3.63) is 64.7 Å². The molecule has 0 aliphatic heterocycles. The second kappa shape index (κ2) is 6.93. The zero-order valence-electron chi connectivity index (χ0n) is 10.8. The van der Waals surface area contributed by atoms with E-state index in [4.69, 9.17) is 16.7 Å². The average molecular weight is 291 g/mol. The Labute approximate surface area is 122 Å². The molecule has 0 heterocycles. The van der Waals surface area contributed by atoms with E-state index in [0.717, 1.165) is 11.1 Å². The van der Waals surface area contributed by atoms with Gasteiger partial charge in [-0.1, -0.05) is 35.9 Å². The van der Waals surface area contributed by atoms with Crippen molar-refractivity contribution >= 4 is 23.3 Å². The predicted octanol–water partition coefficient (Wildman–Crippen LogP) is 3.15. The molecule has 0 spiro atoms. The molecule has 2 rings (SSSR count). The van der Waals surface area contributed by atoms with Crippen LogP contribution in [0.2, 0.25) is 5.02 Å². The maximum atomic E-state index is 11.7. The molecule has 0 unspecified atom stereocenters. The average Bonchev–Trinajstić information content (AvgIpc) is 2.48. The molecule has 0 saturated carbocycles. The van der Waals surface area contributed by atoms with E-state index in [2.05, 4.69) is 10.6 Å². The molecule has 2 aromatic rings. The fraction of sp³-hybridized carbons (Fsp3) is 0.133. The fourth-order valence-corrected chi connectivity index (χ4v) is 1.85. The quantitative estimate of drug-likeness (QED) is 0.810. The van der Waals surface area contributed by atoms with Crippen molar-refractivity contribution in [1.82, 2.24) is 5.32 Å². The number of halogens is 1. The maximum absolute atomic E-state index is 11.7. The van der Waals surface area contributed by atoms with Crippen LogP contribution in [0.3, 0.4) is 0 Å². The van der Waals surface area contributed by atoms with E-state index in [0.29, 0.717) is 17.3 Å². The predicted molar refractivity (Wildman–Crippen MR) is 79.7 cm³/mol. The standard InChI is InChI=1S/C15H15ClN2O2/c16-13-4-6-14(7-5-13)18-15(20)17-9-11-2-1-3-12(8-11)10-19/h1-8,19H,9-10H2,(H2,17,18,20). The minimum Gasteiger partial charge on any atom is -0.392 e. The minimum absolute atomic E-state index is 0.00912. The van der Waals surface area contributed by atoms with E-state index in [1.54, 1.807) is 24.3 Å². The summed E-state index contributed by atoms with van der Waals surface area (Å²) >= 11 is 5.77. The number of hydrogen-bond donors (Lipinski definition) is 3. The summed E-state index contributed by atoms with van der Waals surface area (Å²) in [5.74, 6) is 0. The number of amides is 2. The Bertz CT molecular complexity index is 585. The Kier molecular flexibility index (Phi) is 4.98. The van der Waals surface area contributed by atoms with Gasteiger partial charge in [-0.2, -0.15) is 0 Å². The van der Waals surface area contributed by atoms with Crippen LogP contribution in [0.25, 0.3) is 0 Å². The van der Waals surface area contributed by atoms with Crippen LogP contribution in [0.15, 0.2) is 48.5 Å². The number of urea groups is 1. The van der Waals surface area contributed by atoms with Gasteiger partial charge in [0.25, 0.3) is 0 Å². The molecule has 0 radical (unpaired) electrons. The van der Waals surface area contributed by atoms with Crippen LogP contribution in [0, 0.1) is 0 Å². The summed E-state index contributed by atoms with van der Waals surface area (Å²) in [6.45, 7) is 0.387. The molecule has 2 aromatic carbocycles. The summed E-state index contributed by atoms with van der Waals surface area (Å²) in [5.41, 5.74) is 2.43. The highest BCUT2D eigenvalue weighted by Crippen LogP contribution is 2.13. The molecule has 0 atom stereocenters. The normalized spacial score (nSPS) is 10.1. The first-order valence-corrected chi connectivity index (χ1v) is 6.54. The van der Waals surface area contributed by atoms with Crippen LogP contribution in [0.4, 0.5) is 10.5 Å². The Morgan fingerprint density at radius 1 is 1.10 bits per heavy atom. The first kappa shape index (κ1) is 14.4. The molecule has 0 aromatic heterocycles. The molecule has 0 bridgehead atoms. The van der Waals surface area contributed by atoms with Crippen LogP contribution in [-0.4, -0.2) is 11.1 Å². The van der Waals surface area contributed by atoms with Crippen molar-refractivity contribution in [2.24, 2.45) is 0 Å². The third-order valence-corrected chi connectivity index (χ3v) is 2.98. The Hall–Kier alpha value is -2.04. The van der Waals surface area contributed by atoms with Crippen LogP contribution < -0.4 is 10.6 Å². The van der Waals surface area contributed by atoms with Gasteiger partial charge in [0.2, 0.25) is 0 Å². The van der Waals surface area contributed by atoms with Gasteiger partial charge in [-0.05, 0) is 35.4 Å². The van der Waals surface area contributed by atoms with Crippen LogP contribution in [-0.2, 0) is 13.2 Å². The highest BCUT2D eigenvalue weighted by Gasteiger charge is 2.02. The summed E-state index contributed by atoms with van der Waals surface area (Å²) in [6.07, 6.45) is 0. The number of anilines is 1. The minimum atomic E-state index is -0.290. The molecule has 3 N–H and O–H groups in total. The summed E-state index contributed by atoms with van der Waals surface area (Å²) in [5, 5.41) is 15.1. The molecule has 20 heavy (non-hydrogen) atoms. The van der Waals surface area contributed by atoms with E-state index in [9.17, 15) is 4.79 Å². The number of aliphatic hydroxyl groups excluding tert-OH is 1. The number of benzene rings is 2. The molecular weight excluding hydrogens is 276 g/mol. The van der Waals surface area contributed by atoms with Crippen LogP contribution >= 0.6 is 11.6 Å². The van der Waals surface area contributed by atoms with Gasteiger partial charge in [0.1, 0.15) is 0 Å². The third-order valence-electron chi connectivity index (χ3n) is 2.73. The van der Waals surface area contributed by atoms with E-state index >= 15 is 0 Å². The first-order valence-electron chi connectivity index (χ1n) is 6.16. The molecular formula is C15H15ClN2O2. The second-order valence-corrected chi connectivity index (χ2v) is 4.73. The number of aliphatic hydroxyl groups is 1. The fourth-order valence-electron chi connectivity index (χ4n) is 1.73. The lowest BCUT2D eigenvalue weighted by atomic mass is 10.1. The molecule has 2 amide bonds. The molecule has 0 saturated heterocycles. The van der Waals surface area contributed by atoms with Gasteiger partial charge in [-0.25, -0.2) is 4.79 Å². The van der Waals surface area contributed by atoms with E-state index in [-0.39, 0.29) is 12.6 Å². The second-order valence-electron chi connectivity index (χ2n) is 4.29. The summed E-state index contributed by atoms with van der Waals surface area (Å²) in [4.78, 5) is 11.7. The van der Waals surface area contributed by atoms with Gasteiger partial charge < -0.3 is 15.7 Å². The Morgan fingerprint density at radius 2 is 1.80 bits per heavy atom. The van der Waals surface area contributed by atoms with Crippen LogP contribution in [0.5, 0.6) is 0 Å². The summed E-state index contributed by atoms with van der Waals surface area (Å²) < 4.78 is 0. The number of hydrogen-bond acceptors (Lipinski definition) is 2. The van der Waals surface area contributed by atoms with Crippen molar-refractivity contribution in [2.75, 3.05) is 5.32 Å². The van der Waals surface area contributed by atoms with Crippen molar-refractivity contribution in [3.8, 4) is 0 Å². The largest absolute Gasteiger partial charge is 0.392 e. The zero-order chi connectivity index (χ0) is 14.4. The topological polar surface area (TPSA) is 61.4 Å². The zero-order valence-corrected chi connectivity index (χ0v) is 11.5. The van der Waals surface area contributed by atoms with E-state index in [1.165, 1.54) is 0 Å². The van der Waals surface area contributed by atoms with Gasteiger partial charge in [0.15, 0.2) is 0 Å². The molecule has 4 nitrogen and oxygen atoms in total. The van der Waals surface area contributed by atoms with Gasteiger partial charge in [0, 0.05) is 17.3 Å². The highest BCUT2D eigenvalue weighted by molar-refractivity contribution is 6.30. The van der Waals surface area contributed by atoms with Gasteiger partial charge in [-0.3, -0.25) is 0 Å². The maximum Gasteiger partial charge on any atom is 0.319 e. The van der Waals surface area contributed by atoms with E-state index in [1.807, 2.05) is 24.3 Å². The lowest BCUT2D eigenvalue weighted by Crippen LogP contribution is -2.28. The van der Waals surface area contributed by atoms with Crippen molar-refractivity contribution in [1.29, 1.82) is 0 Å². The number of rotatable bonds is 4. The number of carbonyl (C=O) groups excluding carboxylic acids is 1. The van der Waals surface area contributed by atoms with Crippen molar-refractivity contribution in [3.63, 3.8) is 0 Å². The van der Waals surface area contributed by atoms with Crippen molar-refractivity contribution < 1.29 is 9.90 Å². The van der Waals surface area contributed by atoms with Gasteiger partial charge in [-0.15, -0.1) is 0 Å². The molecule has 0 aliphatic rings. The molecule has 0 fully saturated rings. The van der Waals surface area contributed by atoms with Crippen LogP contribution in [0.1, 0.15) is 11.1 Å². The monoisotopic (exact) mass is 290 g/mol. The Balaban J connectivity index is 1.87. The van der Waals surface area contributed by atoms with Gasteiger partial charge in [0.05, 0.1) is 6.61 Å². The number of nitrogens with one attached hydrogen (secondary N) is 2. The molecule has 5 heteroatoms. The van der Waals surface area contributed by atoms with E-state index < -0.39 is 0 Å². The lowest BCUT2D eigenvalue weighted by Gasteiger charge is -2.08. The smallest absolute Gasteiger partial charge is 0.319 e.